The number of pyridine rings is 1. The van der Waals surface area contributed by atoms with Gasteiger partial charge in [-0.3, -0.25) is 14.9 Å². The Morgan fingerprint density at radius 1 is 1.38 bits per heavy atom. The summed E-state index contributed by atoms with van der Waals surface area (Å²) in [5.74, 6) is -0.215. The fourth-order valence-electron chi connectivity index (χ4n) is 1.68. The first kappa shape index (κ1) is 14.9. The van der Waals surface area contributed by atoms with Crippen LogP contribution in [0.4, 0.5) is 17.2 Å². The van der Waals surface area contributed by atoms with Crippen LogP contribution in [0.15, 0.2) is 41.0 Å². The molecule has 0 unspecified atom stereocenters. The second-order valence-electron chi connectivity index (χ2n) is 4.03. The first-order chi connectivity index (χ1) is 10.0. The van der Waals surface area contributed by atoms with Gasteiger partial charge < -0.3 is 10.6 Å². The Balaban J connectivity index is 2.36. The molecule has 0 aliphatic rings. The third-order valence-corrected chi connectivity index (χ3v) is 3.38. The van der Waals surface area contributed by atoms with Gasteiger partial charge in [-0.25, -0.2) is 4.98 Å². The quantitative estimate of drug-likeness (QED) is 0.652. The minimum absolute atomic E-state index is 0.0995. The molecule has 0 radical (unpaired) electrons. The fourth-order valence-corrected chi connectivity index (χ4v) is 2.06. The lowest BCUT2D eigenvalue weighted by atomic mass is 10.2. The Labute approximate surface area is 128 Å². The van der Waals surface area contributed by atoms with Crippen molar-refractivity contribution >= 4 is 39.0 Å². The van der Waals surface area contributed by atoms with E-state index in [2.05, 4.69) is 31.5 Å². The molecule has 1 amide bonds. The van der Waals surface area contributed by atoms with Crippen LogP contribution in [0.3, 0.4) is 0 Å². The summed E-state index contributed by atoms with van der Waals surface area (Å²) >= 11 is 3.32. The van der Waals surface area contributed by atoms with Crippen molar-refractivity contribution in [1.29, 1.82) is 0 Å². The minimum atomic E-state index is -0.596. The van der Waals surface area contributed by atoms with E-state index < -0.39 is 10.8 Å². The molecule has 0 aliphatic heterocycles. The Morgan fingerprint density at radius 2 is 2.10 bits per heavy atom. The van der Waals surface area contributed by atoms with Gasteiger partial charge in [0.1, 0.15) is 12.0 Å². The van der Waals surface area contributed by atoms with Crippen molar-refractivity contribution in [2.45, 2.75) is 0 Å². The average Bonchev–Trinajstić information content (AvgIpc) is 2.48. The molecule has 2 aromatic rings. The van der Waals surface area contributed by atoms with Crippen molar-refractivity contribution in [3.63, 3.8) is 0 Å². The van der Waals surface area contributed by atoms with E-state index in [9.17, 15) is 14.9 Å². The van der Waals surface area contributed by atoms with E-state index in [1.165, 1.54) is 6.07 Å². The number of hydrogen-bond acceptors (Lipinski definition) is 5. The molecule has 8 heteroatoms. The van der Waals surface area contributed by atoms with Crippen molar-refractivity contribution in [3.05, 3.63) is 56.7 Å². The number of rotatable bonds is 4. The monoisotopic (exact) mass is 350 g/mol. The zero-order valence-corrected chi connectivity index (χ0v) is 12.5. The summed E-state index contributed by atoms with van der Waals surface area (Å²) in [6, 6.07) is 8.26. The largest absolute Gasteiger partial charge is 0.372 e. The van der Waals surface area contributed by atoms with Gasteiger partial charge in [0.2, 0.25) is 0 Å². The molecule has 2 N–H and O–H groups in total. The molecule has 21 heavy (non-hydrogen) atoms. The van der Waals surface area contributed by atoms with Crippen LogP contribution in [0, 0.1) is 10.1 Å². The molecule has 1 aromatic carbocycles. The summed E-state index contributed by atoms with van der Waals surface area (Å²) in [6.07, 6.45) is 1.10. The molecule has 0 saturated heterocycles. The van der Waals surface area contributed by atoms with Crippen LogP contribution in [0.2, 0.25) is 0 Å². The average molecular weight is 351 g/mol. The molecule has 0 spiro atoms. The van der Waals surface area contributed by atoms with Gasteiger partial charge in [0.15, 0.2) is 0 Å². The Morgan fingerprint density at radius 3 is 2.71 bits per heavy atom. The van der Waals surface area contributed by atoms with Gasteiger partial charge in [0, 0.05) is 17.6 Å². The Hall–Kier alpha value is -2.48. The van der Waals surface area contributed by atoms with Gasteiger partial charge >= 0.3 is 0 Å². The van der Waals surface area contributed by atoms with E-state index in [-0.39, 0.29) is 17.1 Å². The predicted octanol–water partition coefficient (Wildman–Crippen LogP) is 3.05. The molecule has 1 heterocycles. The van der Waals surface area contributed by atoms with E-state index in [0.717, 1.165) is 6.20 Å². The third kappa shape index (κ3) is 3.34. The van der Waals surface area contributed by atoms with Gasteiger partial charge in [-0.15, -0.1) is 0 Å². The summed E-state index contributed by atoms with van der Waals surface area (Å²) < 4.78 is 0.711. The lowest BCUT2D eigenvalue weighted by Gasteiger charge is -2.10. The number of para-hydroxylation sites is 1. The lowest BCUT2D eigenvalue weighted by Crippen LogP contribution is -2.15. The lowest BCUT2D eigenvalue weighted by molar-refractivity contribution is -0.385. The van der Waals surface area contributed by atoms with Gasteiger partial charge in [0.25, 0.3) is 11.6 Å². The number of amides is 1. The molecular formula is C13H11BrN4O3. The van der Waals surface area contributed by atoms with E-state index in [1.807, 2.05) is 6.07 Å². The number of aromatic nitrogens is 1. The standard InChI is InChI=1S/C13H11BrN4O3/c1-15-12-9(6-8(7-16-12)18(20)21)13(19)17-11-5-3-2-4-10(11)14/h2-7H,1H3,(H,15,16)(H,17,19). The minimum Gasteiger partial charge on any atom is -0.372 e. The summed E-state index contributed by atoms with van der Waals surface area (Å²) in [5, 5.41) is 16.2. The zero-order valence-electron chi connectivity index (χ0n) is 11.0. The van der Waals surface area contributed by atoms with Crippen LogP contribution >= 0.6 is 15.9 Å². The molecule has 2 rings (SSSR count). The maximum atomic E-state index is 12.3. The van der Waals surface area contributed by atoms with Gasteiger partial charge in [-0.05, 0) is 28.1 Å². The van der Waals surface area contributed by atoms with Crippen LogP contribution in [0.25, 0.3) is 0 Å². The van der Waals surface area contributed by atoms with Crippen LogP contribution in [0.1, 0.15) is 10.4 Å². The predicted molar refractivity (Wildman–Crippen MR) is 82.5 cm³/mol. The molecule has 0 atom stereocenters. The van der Waals surface area contributed by atoms with Crippen molar-refractivity contribution in [2.75, 3.05) is 17.7 Å². The highest BCUT2D eigenvalue weighted by Gasteiger charge is 2.18. The molecule has 0 saturated carbocycles. The fraction of sp³-hybridized carbons (Fsp3) is 0.0769. The topological polar surface area (TPSA) is 97.2 Å². The van der Waals surface area contributed by atoms with Crippen LogP contribution < -0.4 is 10.6 Å². The Kier molecular flexibility index (Phi) is 4.49. The first-order valence-corrected chi connectivity index (χ1v) is 6.70. The van der Waals surface area contributed by atoms with Gasteiger partial charge in [-0.2, -0.15) is 0 Å². The maximum absolute atomic E-state index is 12.3. The number of hydrogen-bond donors (Lipinski definition) is 2. The summed E-state index contributed by atoms with van der Waals surface area (Å²) in [5.41, 5.74) is 0.421. The number of carbonyl (C=O) groups is 1. The van der Waals surface area contributed by atoms with Gasteiger partial charge in [0.05, 0.1) is 16.2 Å². The highest BCUT2D eigenvalue weighted by atomic mass is 79.9. The normalized spacial score (nSPS) is 10.0. The number of benzene rings is 1. The number of nitrogens with zero attached hydrogens (tertiary/aromatic N) is 2. The highest BCUT2D eigenvalue weighted by molar-refractivity contribution is 9.10. The molecule has 0 bridgehead atoms. The summed E-state index contributed by atoms with van der Waals surface area (Å²) in [7, 11) is 1.59. The van der Waals surface area contributed by atoms with Crippen molar-refractivity contribution in [2.24, 2.45) is 0 Å². The molecule has 0 aliphatic carbocycles. The smallest absolute Gasteiger partial charge is 0.288 e. The number of anilines is 2. The first-order valence-electron chi connectivity index (χ1n) is 5.91. The molecule has 7 nitrogen and oxygen atoms in total. The summed E-state index contributed by atoms with van der Waals surface area (Å²) in [6.45, 7) is 0. The molecule has 108 valence electrons. The van der Waals surface area contributed by atoms with Gasteiger partial charge in [-0.1, -0.05) is 12.1 Å². The van der Waals surface area contributed by atoms with Crippen LogP contribution in [-0.2, 0) is 0 Å². The second kappa shape index (κ2) is 6.31. The van der Waals surface area contributed by atoms with E-state index in [1.54, 1.807) is 25.2 Å². The SMILES string of the molecule is CNc1ncc([N+](=O)[O-])cc1C(=O)Nc1ccccc1Br. The number of carbonyl (C=O) groups excluding carboxylic acids is 1. The third-order valence-electron chi connectivity index (χ3n) is 2.69. The maximum Gasteiger partial charge on any atom is 0.288 e. The molecule has 0 fully saturated rings. The summed E-state index contributed by atoms with van der Waals surface area (Å²) in [4.78, 5) is 26.4. The van der Waals surface area contributed by atoms with Crippen molar-refractivity contribution in [1.82, 2.24) is 4.98 Å². The number of nitrogens with one attached hydrogen (secondary N) is 2. The molecular weight excluding hydrogens is 340 g/mol. The van der Waals surface area contributed by atoms with E-state index >= 15 is 0 Å². The van der Waals surface area contributed by atoms with Crippen LogP contribution in [-0.4, -0.2) is 22.9 Å². The van der Waals surface area contributed by atoms with E-state index in [0.29, 0.717) is 10.2 Å². The zero-order chi connectivity index (χ0) is 15.4. The second-order valence-corrected chi connectivity index (χ2v) is 4.89. The Bertz CT molecular complexity index is 706. The van der Waals surface area contributed by atoms with Crippen molar-refractivity contribution < 1.29 is 9.72 Å². The van der Waals surface area contributed by atoms with Crippen LogP contribution in [0.5, 0.6) is 0 Å². The number of halogens is 1. The van der Waals surface area contributed by atoms with E-state index in [4.69, 9.17) is 0 Å². The van der Waals surface area contributed by atoms with Crippen molar-refractivity contribution in [3.8, 4) is 0 Å². The highest BCUT2D eigenvalue weighted by Crippen LogP contribution is 2.24. The number of nitro groups is 1. The molecule has 1 aromatic heterocycles.